The number of dihydropyridines is 1. The average Bonchev–Trinajstić information content (AvgIpc) is 2.92. The lowest BCUT2D eigenvalue weighted by atomic mass is 9.72. The number of hydrogen-bond acceptors (Lipinski definition) is 5. The number of Topliss-reactive ketones (excluding diaryl/α,β-unsaturated/α-hetero) is 1. The molecule has 0 bridgehead atoms. The van der Waals surface area contributed by atoms with Gasteiger partial charge in [0, 0.05) is 29.3 Å². The summed E-state index contributed by atoms with van der Waals surface area (Å²) >= 11 is 0. The van der Waals surface area contributed by atoms with Gasteiger partial charge >= 0.3 is 5.97 Å². The molecule has 5 nitrogen and oxygen atoms in total. The van der Waals surface area contributed by atoms with Gasteiger partial charge in [-0.15, -0.1) is 0 Å². The normalized spacial score (nSPS) is 19.2. The van der Waals surface area contributed by atoms with Crippen LogP contribution in [-0.2, 0) is 20.9 Å². The van der Waals surface area contributed by atoms with Gasteiger partial charge in [-0.25, -0.2) is 4.79 Å². The highest BCUT2D eigenvalue weighted by molar-refractivity contribution is 6.04. The molecule has 1 N–H and O–H groups in total. The molecule has 0 unspecified atom stereocenters. The van der Waals surface area contributed by atoms with E-state index in [-0.39, 0.29) is 18.3 Å². The maximum absolute atomic E-state index is 13.7. The lowest BCUT2D eigenvalue weighted by molar-refractivity contribution is -0.140. The van der Waals surface area contributed by atoms with Gasteiger partial charge < -0.3 is 14.8 Å². The summed E-state index contributed by atoms with van der Waals surface area (Å²) in [6.45, 7) is 4.56. The Hall–Kier alpha value is -4.12. The molecule has 5 rings (SSSR count). The van der Waals surface area contributed by atoms with Gasteiger partial charge in [0.25, 0.3) is 0 Å². The van der Waals surface area contributed by atoms with E-state index in [2.05, 4.69) is 17.4 Å². The van der Waals surface area contributed by atoms with Crippen molar-refractivity contribution < 1.29 is 19.1 Å². The molecule has 1 aliphatic heterocycles. The van der Waals surface area contributed by atoms with Gasteiger partial charge in [-0.2, -0.15) is 0 Å². The quantitative estimate of drug-likeness (QED) is 0.398. The molecule has 2 aliphatic rings. The zero-order chi connectivity index (χ0) is 25.8. The van der Waals surface area contributed by atoms with E-state index in [9.17, 15) is 9.59 Å². The number of carbonyl (C=O) groups is 2. The van der Waals surface area contributed by atoms with Crippen LogP contribution in [0, 0.1) is 0 Å². The Morgan fingerprint density at radius 2 is 1.57 bits per heavy atom. The van der Waals surface area contributed by atoms with Gasteiger partial charge in [0.1, 0.15) is 12.4 Å². The first kappa shape index (κ1) is 24.6. The molecule has 2 atom stereocenters. The van der Waals surface area contributed by atoms with Crippen molar-refractivity contribution >= 4 is 11.8 Å². The van der Waals surface area contributed by atoms with E-state index in [4.69, 9.17) is 9.47 Å². The van der Waals surface area contributed by atoms with E-state index in [1.165, 1.54) is 0 Å². The lowest BCUT2D eigenvalue weighted by Crippen LogP contribution is -2.36. The molecule has 37 heavy (non-hydrogen) atoms. The van der Waals surface area contributed by atoms with Crippen LogP contribution >= 0.6 is 0 Å². The lowest BCUT2D eigenvalue weighted by Gasteiger charge is -2.36. The van der Waals surface area contributed by atoms with Crippen LogP contribution < -0.4 is 10.1 Å². The molecule has 1 heterocycles. The third-order valence-electron chi connectivity index (χ3n) is 7.06. The number of hydrogen-bond donors (Lipinski definition) is 1. The second kappa shape index (κ2) is 10.9. The van der Waals surface area contributed by atoms with Crippen molar-refractivity contribution in [2.45, 2.75) is 45.1 Å². The Bertz CT molecular complexity index is 1340. The summed E-state index contributed by atoms with van der Waals surface area (Å²) in [6.07, 6.45) is 1.12. The molecule has 5 heteroatoms. The number of esters is 1. The number of nitrogens with one attached hydrogen (secondary N) is 1. The summed E-state index contributed by atoms with van der Waals surface area (Å²) in [7, 11) is 0. The highest BCUT2D eigenvalue weighted by Crippen LogP contribution is 2.46. The fourth-order valence-electron chi connectivity index (χ4n) is 5.33. The van der Waals surface area contributed by atoms with Crippen molar-refractivity contribution in [2.75, 3.05) is 6.61 Å². The minimum Gasteiger partial charge on any atom is -0.494 e. The molecular formula is C32H31NO4. The molecule has 188 valence electrons. The number of ketones is 1. The maximum atomic E-state index is 13.7. The van der Waals surface area contributed by atoms with E-state index in [0.29, 0.717) is 30.6 Å². The Balaban J connectivity index is 1.51. The van der Waals surface area contributed by atoms with Crippen molar-refractivity contribution in [1.82, 2.24) is 5.32 Å². The fraction of sp³-hybridized carbons (Fsp3) is 0.250. The number of carbonyl (C=O) groups excluding carboxylic acids is 2. The standard InChI is InChI=1S/C32H31NO4/c1-3-36-26-16-14-24(15-17-26)30-29(32(35)37-20-22-10-6-4-7-11-22)21(2)33-27-18-25(19-28(34)31(27)30)23-12-8-5-9-13-23/h4-17,25,30,33H,3,18-20H2,1-2H3/t25-,30+/m1/s1. The van der Waals surface area contributed by atoms with Crippen LogP contribution in [0.2, 0.25) is 0 Å². The molecule has 0 aromatic heterocycles. The van der Waals surface area contributed by atoms with E-state index >= 15 is 0 Å². The smallest absolute Gasteiger partial charge is 0.337 e. The summed E-state index contributed by atoms with van der Waals surface area (Å²) in [5.41, 5.74) is 5.68. The average molecular weight is 494 g/mol. The molecule has 3 aromatic rings. The van der Waals surface area contributed by atoms with Crippen LogP contribution in [0.25, 0.3) is 0 Å². The molecule has 3 aromatic carbocycles. The molecule has 0 saturated carbocycles. The van der Waals surface area contributed by atoms with Crippen molar-refractivity contribution in [3.63, 3.8) is 0 Å². The van der Waals surface area contributed by atoms with Gasteiger partial charge in [-0.05, 0) is 55.0 Å². The zero-order valence-electron chi connectivity index (χ0n) is 21.2. The van der Waals surface area contributed by atoms with E-state index < -0.39 is 11.9 Å². The topological polar surface area (TPSA) is 64.6 Å². The minimum absolute atomic E-state index is 0.0577. The summed E-state index contributed by atoms with van der Waals surface area (Å²) in [6, 6.07) is 27.4. The molecule has 1 aliphatic carbocycles. The maximum Gasteiger partial charge on any atom is 0.337 e. The van der Waals surface area contributed by atoms with Crippen LogP contribution in [0.3, 0.4) is 0 Å². The highest BCUT2D eigenvalue weighted by Gasteiger charge is 2.41. The van der Waals surface area contributed by atoms with Gasteiger partial charge in [0.05, 0.1) is 12.2 Å². The molecule has 0 spiro atoms. The Labute approximate surface area is 217 Å². The molecule has 0 amide bonds. The SMILES string of the molecule is CCOc1ccc([C@H]2C(C(=O)OCc3ccccc3)=C(C)NC3=C2C(=O)C[C@H](c2ccccc2)C3)cc1. The van der Waals surface area contributed by atoms with Crippen molar-refractivity contribution in [3.8, 4) is 5.75 Å². The van der Waals surface area contributed by atoms with Crippen LogP contribution in [0.5, 0.6) is 5.75 Å². The van der Waals surface area contributed by atoms with Gasteiger partial charge in [0.15, 0.2) is 5.78 Å². The number of allylic oxidation sites excluding steroid dienone is 3. The minimum atomic E-state index is -0.501. The monoisotopic (exact) mass is 493 g/mol. The van der Waals surface area contributed by atoms with Crippen molar-refractivity contribution in [2.24, 2.45) is 0 Å². The fourth-order valence-corrected chi connectivity index (χ4v) is 5.33. The Morgan fingerprint density at radius 3 is 2.24 bits per heavy atom. The van der Waals surface area contributed by atoms with Crippen molar-refractivity contribution in [3.05, 3.63) is 124 Å². The Morgan fingerprint density at radius 1 is 0.892 bits per heavy atom. The van der Waals surface area contributed by atoms with Crippen LogP contribution in [0.4, 0.5) is 0 Å². The summed E-state index contributed by atoms with van der Waals surface area (Å²) in [4.78, 5) is 27.2. The van der Waals surface area contributed by atoms with E-state index in [1.807, 2.05) is 86.6 Å². The van der Waals surface area contributed by atoms with Gasteiger partial charge in [-0.1, -0.05) is 72.8 Å². The second-order valence-electron chi connectivity index (χ2n) is 9.49. The summed E-state index contributed by atoms with van der Waals surface area (Å²) in [5.74, 6) is -0.0123. The molecule has 0 saturated heterocycles. The predicted molar refractivity (Wildman–Crippen MR) is 143 cm³/mol. The Kier molecular flexibility index (Phi) is 7.22. The predicted octanol–water partition coefficient (Wildman–Crippen LogP) is 6.19. The highest BCUT2D eigenvalue weighted by atomic mass is 16.5. The number of ether oxygens (including phenoxy) is 2. The largest absolute Gasteiger partial charge is 0.494 e. The van der Waals surface area contributed by atoms with Gasteiger partial charge in [-0.3, -0.25) is 4.79 Å². The number of rotatable bonds is 7. The van der Waals surface area contributed by atoms with Crippen LogP contribution in [-0.4, -0.2) is 18.4 Å². The summed E-state index contributed by atoms with van der Waals surface area (Å²) in [5, 5.41) is 3.42. The van der Waals surface area contributed by atoms with Crippen LogP contribution in [0.15, 0.2) is 107 Å². The van der Waals surface area contributed by atoms with Crippen molar-refractivity contribution in [1.29, 1.82) is 0 Å². The second-order valence-corrected chi connectivity index (χ2v) is 9.49. The first-order valence-electron chi connectivity index (χ1n) is 12.8. The third-order valence-corrected chi connectivity index (χ3v) is 7.06. The van der Waals surface area contributed by atoms with Crippen LogP contribution in [0.1, 0.15) is 55.2 Å². The molecular weight excluding hydrogens is 462 g/mol. The molecule has 0 radical (unpaired) electrons. The van der Waals surface area contributed by atoms with E-state index in [0.717, 1.165) is 33.8 Å². The molecule has 0 fully saturated rings. The number of benzene rings is 3. The zero-order valence-corrected chi connectivity index (χ0v) is 21.2. The summed E-state index contributed by atoms with van der Waals surface area (Å²) < 4.78 is 11.4. The first-order chi connectivity index (χ1) is 18.0. The van der Waals surface area contributed by atoms with Gasteiger partial charge in [0.2, 0.25) is 0 Å². The van der Waals surface area contributed by atoms with E-state index in [1.54, 1.807) is 0 Å². The third kappa shape index (κ3) is 5.21. The first-order valence-corrected chi connectivity index (χ1v) is 12.8.